The van der Waals surface area contributed by atoms with Gasteiger partial charge in [-0.25, -0.2) is 4.39 Å². The van der Waals surface area contributed by atoms with Crippen LogP contribution in [0.1, 0.15) is 0 Å². The van der Waals surface area contributed by atoms with Crippen molar-refractivity contribution >= 4 is 27.5 Å². The molecule has 0 spiro atoms. The van der Waals surface area contributed by atoms with Gasteiger partial charge >= 0.3 is 6.18 Å². The molecule has 1 aromatic rings. The number of ether oxygens (including phenoxy) is 1. The Bertz CT molecular complexity index is 369. The standard InChI is InChI=1S/C9H6BrClF4O/c10-8(9(13,14)15)4-16-5-1-2-6(11)7(12)3-5/h1-3,8H,4H2. The number of hydrogen-bond donors (Lipinski definition) is 0. The molecule has 0 fully saturated rings. The van der Waals surface area contributed by atoms with Crippen LogP contribution in [-0.4, -0.2) is 17.6 Å². The second-order valence-electron chi connectivity index (χ2n) is 2.90. The molecule has 1 unspecified atom stereocenters. The quantitative estimate of drug-likeness (QED) is 0.599. The fraction of sp³-hybridized carbons (Fsp3) is 0.333. The first-order chi connectivity index (χ1) is 7.30. The highest BCUT2D eigenvalue weighted by atomic mass is 79.9. The molecule has 0 bridgehead atoms. The van der Waals surface area contributed by atoms with Crippen LogP contribution in [-0.2, 0) is 0 Å². The number of halogens is 6. The van der Waals surface area contributed by atoms with E-state index < -0.39 is 23.4 Å². The molecular formula is C9H6BrClF4O. The summed E-state index contributed by atoms with van der Waals surface area (Å²) >= 11 is 7.82. The SMILES string of the molecule is Fc1cc(OCC(Br)C(F)(F)F)ccc1Cl. The molecule has 0 aliphatic rings. The summed E-state index contributed by atoms with van der Waals surface area (Å²) in [5, 5.41) is -0.112. The van der Waals surface area contributed by atoms with Crippen LogP contribution in [0.3, 0.4) is 0 Å². The van der Waals surface area contributed by atoms with Crippen molar-refractivity contribution in [1.29, 1.82) is 0 Å². The van der Waals surface area contributed by atoms with E-state index in [1.807, 2.05) is 0 Å². The number of hydrogen-bond acceptors (Lipinski definition) is 1. The molecule has 0 radical (unpaired) electrons. The average molecular weight is 321 g/mol. The van der Waals surface area contributed by atoms with E-state index in [1.165, 1.54) is 12.1 Å². The third-order valence-corrected chi connectivity index (χ3v) is 2.73. The second-order valence-corrected chi connectivity index (χ2v) is 4.41. The van der Waals surface area contributed by atoms with Crippen LogP contribution >= 0.6 is 27.5 Å². The Morgan fingerprint density at radius 2 is 2.00 bits per heavy atom. The molecular weight excluding hydrogens is 315 g/mol. The van der Waals surface area contributed by atoms with Gasteiger partial charge in [-0.1, -0.05) is 27.5 Å². The maximum atomic E-state index is 12.9. The fourth-order valence-corrected chi connectivity index (χ4v) is 1.08. The molecule has 16 heavy (non-hydrogen) atoms. The average Bonchev–Trinajstić information content (AvgIpc) is 2.18. The molecule has 1 rings (SSSR count). The van der Waals surface area contributed by atoms with E-state index in [1.54, 1.807) is 0 Å². The third kappa shape index (κ3) is 3.83. The van der Waals surface area contributed by atoms with Crippen LogP contribution in [0.4, 0.5) is 17.6 Å². The molecule has 90 valence electrons. The lowest BCUT2D eigenvalue weighted by Crippen LogP contribution is -2.28. The third-order valence-electron chi connectivity index (χ3n) is 1.64. The summed E-state index contributed by atoms with van der Waals surface area (Å²) in [6.45, 7) is -0.634. The van der Waals surface area contributed by atoms with Crippen molar-refractivity contribution < 1.29 is 22.3 Å². The maximum Gasteiger partial charge on any atom is 0.404 e. The summed E-state index contributed by atoms with van der Waals surface area (Å²) in [6, 6.07) is 3.43. The van der Waals surface area contributed by atoms with Crippen molar-refractivity contribution in [3.8, 4) is 5.75 Å². The Labute approximate surface area is 102 Å². The normalized spacial score (nSPS) is 13.6. The van der Waals surface area contributed by atoms with Crippen molar-refractivity contribution in [1.82, 2.24) is 0 Å². The Balaban J connectivity index is 2.58. The largest absolute Gasteiger partial charge is 0.492 e. The molecule has 1 nitrogen and oxygen atoms in total. The van der Waals surface area contributed by atoms with Gasteiger partial charge < -0.3 is 4.74 Å². The number of alkyl halides is 4. The lowest BCUT2D eigenvalue weighted by Gasteiger charge is -2.14. The van der Waals surface area contributed by atoms with Gasteiger partial charge in [0.2, 0.25) is 0 Å². The first-order valence-corrected chi connectivity index (χ1v) is 5.38. The zero-order chi connectivity index (χ0) is 12.3. The zero-order valence-electron chi connectivity index (χ0n) is 7.69. The topological polar surface area (TPSA) is 9.23 Å². The van der Waals surface area contributed by atoms with Crippen LogP contribution in [0.15, 0.2) is 18.2 Å². The highest BCUT2D eigenvalue weighted by molar-refractivity contribution is 9.09. The Hall–Kier alpha value is -0.490. The number of benzene rings is 1. The van der Waals surface area contributed by atoms with E-state index in [0.29, 0.717) is 0 Å². The van der Waals surface area contributed by atoms with Gasteiger partial charge in [-0.05, 0) is 12.1 Å². The molecule has 0 N–H and O–H groups in total. The van der Waals surface area contributed by atoms with E-state index >= 15 is 0 Å². The molecule has 7 heteroatoms. The van der Waals surface area contributed by atoms with Gasteiger partial charge in [-0.15, -0.1) is 0 Å². The molecule has 0 aliphatic heterocycles. The fourth-order valence-electron chi connectivity index (χ4n) is 0.831. The van der Waals surface area contributed by atoms with Gasteiger partial charge in [-0.3, -0.25) is 0 Å². The minimum absolute atomic E-state index is 0.00407. The van der Waals surface area contributed by atoms with Crippen LogP contribution in [0.2, 0.25) is 5.02 Å². The molecule has 0 aromatic heterocycles. The molecule has 1 aromatic carbocycles. The lowest BCUT2D eigenvalue weighted by molar-refractivity contribution is -0.132. The molecule has 0 saturated heterocycles. The Morgan fingerprint density at radius 1 is 1.38 bits per heavy atom. The first kappa shape index (κ1) is 13.6. The molecule has 0 aliphatic carbocycles. The minimum atomic E-state index is -4.40. The summed E-state index contributed by atoms with van der Waals surface area (Å²) in [6.07, 6.45) is -4.40. The van der Waals surface area contributed by atoms with Crippen molar-refractivity contribution in [3.63, 3.8) is 0 Å². The van der Waals surface area contributed by atoms with E-state index in [4.69, 9.17) is 16.3 Å². The summed E-state index contributed by atoms with van der Waals surface area (Å²) in [5.74, 6) is -0.743. The van der Waals surface area contributed by atoms with Gasteiger partial charge in [-0.2, -0.15) is 13.2 Å². The van der Waals surface area contributed by atoms with Crippen LogP contribution in [0.5, 0.6) is 5.75 Å². The first-order valence-electron chi connectivity index (χ1n) is 4.09. The van der Waals surface area contributed by atoms with Gasteiger partial charge in [0.15, 0.2) is 0 Å². The summed E-state index contributed by atoms with van der Waals surface area (Å²) in [7, 11) is 0. The number of rotatable bonds is 3. The van der Waals surface area contributed by atoms with Crippen molar-refractivity contribution in [2.24, 2.45) is 0 Å². The van der Waals surface area contributed by atoms with Crippen LogP contribution in [0.25, 0.3) is 0 Å². The summed E-state index contributed by atoms with van der Waals surface area (Å²) in [5.41, 5.74) is 0. The maximum absolute atomic E-state index is 12.9. The van der Waals surface area contributed by atoms with Crippen molar-refractivity contribution in [2.45, 2.75) is 11.0 Å². The van der Waals surface area contributed by atoms with E-state index in [-0.39, 0.29) is 10.8 Å². The highest BCUT2D eigenvalue weighted by Gasteiger charge is 2.38. The second kappa shape index (κ2) is 5.23. The predicted molar refractivity (Wildman–Crippen MR) is 55.7 cm³/mol. The van der Waals surface area contributed by atoms with Crippen LogP contribution < -0.4 is 4.74 Å². The van der Waals surface area contributed by atoms with Gasteiger partial charge in [0.05, 0.1) is 5.02 Å². The Kier molecular flexibility index (Phi) is 4.43. The van der Waals surface area contributed by atoms with Gasteiger partial charge in [0.25, 0.3) is 0 Å². The summed E-state index contributed by atoms with van der Waals surface area (Å²) in [4.78, 5) is -1.79. The van der Waals surface area contributed by atoms with Crippen LogP contribution in [0, 0.1) is 5.82 Å². The lowest BCUT2D eigenvalue weighted by atomic mass is 10.3. The van der Waals surface area contributed by atoms with E-state index in [0.717, 1.165) is 6.07 Å². The highest BCUT2D eigenvalue weighted by Crippen LogP contribution is 2.27. The zero-order valence-corrected chi connectivity index (χ0v) is 10.0. The van der Waals surface area contributed by atoms with Gasteiger partial charge in [0.1, 0.15) is 23.0 Å². The predicted octanol–water partition coefficient (Wildman–Crippen LogP) is 4.18. The molecule has 0 amide bonds. The minimum Gasteiger partial charge on any atom is -0.492 e. The molecule has 0 heterocycles. The molecule has 0 saturated carbocycles. The monoisotopic (exact) mass is 320 g/mol. The van der Waals surface area contributed by atoms with E-state index in [2.05, 4.69) is 15.9 Å². The van der Waals surface area contributed by atoms with Gasteiger partial charge in [0, 0.05) is 6.07 Å². The smallest absolute Gasteiger partial charge is 0.404 e. The van der Waals surface area contributed by atoms with Crippen molar-refractivity contribution in [2.75, 3.05) is 6.61 Å². The summed E-state index contributed by atoms with van der Waals surface area (Å²) < 4.78 is 53.9. The van der Waals surface area contributed by atoms with E-state index in [9.17, 15) is 17.6 Å². The Morgan fingerprint density at radius 3 is 2.50 bits per heavy atom. The molecule has 1 atom stereocenters. The van der Waals surface area contributed by atoms with Crippen molar-refractivity contribution in [3.05, 3.63) is 29.0 Å².